The SMILES string of the molecule is COC(=O)CSc1ccc(Cl)cc1Cl. The molecule has 0 radical (unpaired) electrons. The highest BCUT2D eigenvalue weighted by molar-refractivity contribution is 8.00. The third-order valence-electron chi connectivity index (χ3n) is 1.47. The van der Waals surface area contributed by atoms with Crippen molar-refractivity contribution >= 4 is 40.9 Å². The lowest BCUT2D eigenvalue weighted by molar-refractivity contribution is -0.137. The summed E-state index contributed by atoms with van der Waals surface area (Å²) in [5.41, 5.74) is 0. The van der Waals surface area contributed by atoms with E-state index in [4.69, 9.17) is 23.2 Å². The molecule has 0 amide bonds. The molecule has 0 saturated carbocycles. The molecule has 2 nitrogen and oxygen atoms in total. The van der Waals surface area contributed by atoms with E-state index in [9.17, 15) is 4.79 Å². The van der Waals surface area contributed by atoms with Crippen molar-refractivity contribution in [1.82, 2.24) is 0 Å². The Balaban J connectivity index is 2.63. The molecule has 0 fully saturated rings. The first-order valence-electron chi connectivity index (χ1n) is 3.78. The van der Waals surface area contributed by atoms with Crippen LogP contribution in [0.1, 0.15) is 0 Å². The molecule has 0 spiro atoms. The van der Waals surface area contributed by atoms with Gasteiger partial charge in [0.05, 0.1) is 17.9 Å². The maximum atomic E-state index is 10.9. The van der Waals surface area contributed by atoms with Crippen LogP contribution in [0.2, 0.25) is 10.0 Å². The summed E-state index contributed by atoms with van der Waals surface area (Å²) < 4.78 is 4.51. The highest BCUT2D eigenvalue weighted by Crippen LogP contribution is 2.29. The normalized spacial score (nSPS) is 9.93. The summed E-state index contributed by atoms with van der Waals surface area (Å²) in [7, 11) is 1.35. The van der Waals surface area contributed by atoms with E-state index in [1.807, 2.05) is 0 Å². The van der Waals surface area contributed by atoms with E-state index < -0.39 is 0 Å². The quantitative estimate of drug-likeness (QED) is 0.609. The van der Waals surface area contributed by atoms with Gasteiger partial charge in [0.1, 0.15) is 0 Å². The van der Waals surface area contributed by atoms with Crippen molar-refractivity contribution < 1.29 is 9.53 Å². The first-order chi connectivity index (χ1) is 6.63. The van der Waals surface area contributed by atoms with E-state index in [1.165, 1.54) is 18.9 Å². The smallest absolute Gasteiger partial charge is 0.315 e. The average molecular weight is 251 g/mol. The first kappa shape index (κ1) is 11.7. The molecule has 0 bridgehead atoms. The number of rotatable bonds is 3. The third kappa shape index (κ3) is 3.40. The molecule has 0 atom stereocenters. The lowest BCUT2D eigenvalue weighted by Crippen LogP contribution is -2.02. The zero-order valence-electron chi connectivity index (χ0n) is 7.42. The molecule has 5 heteroatoms. The van der Waals surface area contributed by atoms with E-state index in [1.54, 1.807) is 18.2 Å². The number of esters is 1. The second kappa shape index (κ2) is 5.49. The number of hydrogen-bond acceptors (Lipinski definition) is 3. The average Bonchev–Trinajstić information content (AvgIpc) is 2.16. The predicted octanol–water partition coefficient (Wildman–Crippen LogP) is 3.26. The van der Waals surface area contributed by atoms with Gasteiger partial charge in [0, 0.05) is 9.92 Å². The van der Waals surface area contributed by atoms with Crippen LogP contribution in [0.5, 0.6) is 0 Å². The summed E-state index contributed by atoms with van der Waals surface area (Å²) in [6, 6.07) is 5.15. The summed E-state index contributed by atoms with van der Waals surface area (Å²) in [5.74, 6) is -0.0290. The van der Waals surface area contributed by atoms with Gasteiger partial charge in [-0.05, 0) is 18.2 Å². The Bertz CT molecular complexity index is 342. The van der Waals surface area contributed by atoms with Gasteiger partial charge < -0.3 is 4.74 Å². The van der Waals surface area contributed by atoms with Crippen LogP contribution >= 0.6 is 35.0 Å². The highest BCUT2D eigenvalue weighted by atomic mass is 35.5. The van der Waals surface area contributed by atoms with Crippen molar-refractivity contribution in [3.05, 3.63) is 28.2 Å². The van der Waals surface area contributed by atoms with E-state index in [-0.39, 0.29) is 11.7 Å². The summed E-state index contributed by atoms with van der Waals surface area (Å²) in [6.07, 6.45) is 0. The highest BCUT2D eigenvalue weighted by Gasteiger charge is 2.05. The predicted molar refractivity (Wildman–Crippen MR) is 59.2 cm³/mol. The van der Waals surface area contributed by atoms with Crippen LogP contribution in [0.15, 0.2) is 23.1 Å². The van der Waals surface area contributed by atoms with Crippen molar-refractivity contribution in [2.24, 2.45) is 0 Å². The molecule has 1 rings (SSSR count). The Morgan fingerprint density at radius 3 is 2.79 bits per heavy atom. The van der Waals surface area contributed by atoms with Crippen LogP contribution in [-0.4, -0.2) is 18.8 Å². The fourth-order valence-electron chi connectivity index (χ4n) is 0.788. The zero-order chi connectivity index (χ0) is 10.6. The maximum absolute atomic E-state index is 10.9. The van der Waals surface area contributed by atoms with Gasteiger partial charge in [-0.25, -0.2) is 0 Å². The van der Waals surface area contributed by atoms with Crippen LogP contribution < -0.4 is 0 Å². The van der Waals surface area contributed by atoms with Gasteiger partial charge in [0.2, 0.25) is 0 Å². The topological polar surface area (TPSA) is 26.3 Å². The fourth-order valence-corrected chi connectivity index (χ4v) is 2.11. The van der Waals surface area contributed by atoms with E-state index in [2.05, 4.69) is 4.74 Å². The summed E-state index contributed by atoms with van der Waals surface area (Å²) in [5, 5.41) is 1.13. The summed E-state index contributed by atoms with van der Waals surface area (Å²) in [4.78, 5) is 11.7. The van der Waals surface area contributed by atoms with Gasteiger partial charge in [0.15, 0.2) is 0 Å². The molecule has 0 heterocycles. The molecule has 1 aromatic rings. The van der Waals surface area contributed by atoms with Crippen molar-refractivity contribution in [3.8, 4) is 0 Å². The number of carbonyl (C=O) groups excluding carboxylic acids is 1. The minimum absolute atomic E-state index is 0.248. The van der Waals surface area contributed by atoms with Crippen LogP contribution in [0.3, 0.4) is 0 Å². The molecule has 0 aliphatic heterocycles. The molecule has 0 aliphatic rings. The molecule has 0 aromatic heterocycles. The Morgan fingerprint density at radius 1 is 1.50 bits per heavy atom. The maximum Gasteiger partial charge on any atom is 0.315 e. The number of halogens is 2. The number of ether oxygens (including phenoxy) is 1. The molecule has 1 aromatic carbocycles. The zero-order valence-corrected chi connectivity index (χ0v) is 9.75. The minimum Gasteiger partial charge on any atom is -0.468 e. The largest absolute Gasteiger partial charge is 0.468 e. The number of methoxy groups -OCH3 is 1. The van der Waals surface area contributed by atoms with E-state index in [0.29, 0.717) is 10.0 Å². The number of benzene rings is 1. The van der Waals surface area contributed by atoms with Crippen LogP contribution in [0.4, 0.5) is 0 Å². The number of thioether (sulfide) groups is 1. The molecule has 0 aliphatic carbocycles. The molecule has 0 saturated heterocycles. The number of carbonyl (C=O) groups is 1. The van der Waals surface area contributed by atoms with E-state index in [0.717, 1.165) is 4.90 Å². The van der Waals surface area contributed by atoms with Crippen LogP contribution in [-0.2, 0) is 9.53 Å². The summed E-state index contributed by atoms with van der Waals surface area (Å²) >= 11 is 12.9. The Labute approximate surface area is 96.5 Å². The molecule has 0 unspecified atom stereocenters. The van der Waals surface area contributed by atoms with E-state index >= 15 is 0 Å². The van der Waals surface area contributed by atoms with Gasteiger partial charge in [-0.15, -0.1) is 11.8 Å². The molecule has 14 heavy (non-hydrogen) atoms. The summed E-state index contributed by atoms with van der Waals surface area (Å²) in [6.45, 7) is 0. The van der Waals surface area contributed by atoms with Gasteiger partial charge >= 0.3 is 5.97 Å². The monoisotopic (exact) mass is 250 g/mol. The van der Waals surface area contributed by atoms with Crippen molar-refractivity contribution in [2.45, 2.75) is 4.90 Å². The third-order valence-corrected chi connectivity index (χ3v) is 3.17. The molecular weight excluding hydrogens is 243 g/mol. The standard InChI is InChI=1S/C9H8Cl2O2S/c1-13-9(12)5-14-8-3-2-6(10)4-7(8)11/h2-4H,5H2,1H3. The Kier molecular flexibility index (Phi) is 4.58. The van der Waals surface area contributed by atoms with Crippen LogP contribution in [0.25, 0.3) is 0 Å². The van der Waals surface area contributed by atoms with Crippen molar-refractivity contribution in [3.63, 3.8) is 0 Å². The second-order valence-corrected chi connectivity index (χ2v) is 4.30. The first-order valence-corrected chi connectivity index (χ1v) is 5.52. The minimum atomic E-state index is -0.277. The Hall–Kier alpha value is -0.380. The molecule has 0 N–H and O–H groups in total. The van der Waals surface area contributed by atoms with Gasteiger partial charge in [0.25, 0.3) is 0 Å². The Morgan fingerprint density at radius 2 is 2.21 bits per heavy atom. The number of hydrogen-bond donors (Lipinski definition) is 0. The van der Waals surface area contributed by atoms with Crippen molar-refractivity contribution in [1.29, 1.82) is 0 Å². The fraction of sp³-hybridized carbons (Fsp3) is 0.222. The molecular formula is C9H8Cl2O2S. The van der Waals surface area contributed by atoms with Crippen molar-refractivity contribution in [2.75, 3.05) is 12.9 Å². The van der Waals surface area contributed by atoms with Gasteiger partial charge in [-0.2, -0.15) is 0 Å². The van der Waals surface area contributed by atoms with Gasteiger partial charge in [-0.3, -0.25) is 4.79 Å². The van der Waals surface area contributed by atoms with Gasteiger partial charge in [-0.1, -0.05) is 23.2 Å². The van der Waals surface area contributed by atoms with Crippen LogP contribution in [0, 0.1) is 0 Å². The lowest BCUT2D eigenvalue weighted by Gasteiger charge is -2.03. The molecule has 76 valence electrons. The lowest BCUT2D eigenvalue weighted by atomic mass is 10.4. The second-order valence-electron chi connectivity index (χ2n) is 2.44.